The van der Waals surface area contributed by atoms with E-state index in [-0.39, 0.29) is 25.5 Å². The van der Waals surface area contributed by atoms with Crippen molar-refractivity contribution >= 4 is 16.1 Å². The molecule has 1 atom stereocenters. The van der Waals surface area contributed by atoms with Gasteiger partial charge in [0, 0.05) is 6.54 Å². The zero-order chi connectivity index (χ0) is 17.5. The van der Waals surface area contributed by atoms with Crippen LogP contribution < -0.4 is 5.84 Å². The lowest BCUT2D eigenvalue weighted by Gasteiger charge is -2.28. The summed E-state index contributed by atoms with van der Waals surface area (Å²) in [6.07, 6.45) is 0.129. The molecule has 1 aromatic rings. The molecule has 3 N–H and O–H groups in total. The molecule has 0 fully saturated rings. The van der Waals surface area contributed by atoms with Gasteiger partial charge >= 0.3 is 5.97 Å². The maximum absolute atomic E-state index is 12.2. The van der Waals surface area contributed by atoms with E-state index in [9.17, 15) is 13.2 Å². The quantitative estimate of drug-likeness (QED) is 0.300. The van der Waals surface area contributed by atoms with E-state index < -0.39 is 27.9 Å². The Labute approximate surface area is 137 Å². The van der Waals surface area contributed by atoms with E-state index in [1.54, 1.807) is 0 Å². The van der Waals surface area contributed by atoms with Gasteiger partial charge in [0.1, 0.15) is 12.6 Å². The maximum atomic E-state index is 12.2. The third-order valence-corrected chi connectivity index (χ3v) is 4.08. The van der Waals surface area contributed by atoms with Gasteiger partial charge in [0.05, 0.1) is 5.75 Å². The number of rotatable bonds is 9. The van der Waals surface area contributed by atoms with Crippen LogP contribution in [0.3, 0.4) is 0 Å². The van der Waals surface area contributed by atoms with E-state index in [0.717, 1.165) is 5.56 Å². The van der Waals surface area contributed by atoms with Gasteiger partial charge in [-0.25, -0.2) is 5.01 Å². The van der Waals surface area contributed by atoms with E-state index in [4.69, 9.17) is 15.1 Å². The molecule has 23 heavy (non-hydrogen) atoms. The van der Waals surface area contributed by atoms with Crippen LogP contribution in [-0.4, -0.2) is 42.3 Å². The van der Waals surface area contributed by atoms with E-state index in [2.05, 4.69) is 0 Å². The zero-order valence-corrected chi connectivity index (χ0v) is 14.2. The fourth-order valence-electron chi connectivity index (χ4n) is 2.17. The second kappa shape index (κ2) is 8.97. The highest BCUT2D eigenvalue weighted by Gasteiger charge is 2.28. The Bertz CT molecular complexity index is 589. The number of ether oxygens (including phenoxy) is 1. The van der Waals surface area contributed by atoms with Gasteiger partial charge in [0.25, 0.3) is 10.1 Å². The highest BCUT2D eigenvalue weighted by molar-refractivity contribution is 7.85. The van der Waals surface area contributed by atoms with Gasteiger partial charge < -0.3 is 4.74 Å². The summed E-state index contributed by atoms with van der Waals surface area (Å²) in [5.41, 5.74) is 0.873. The third kappa shape index (κ3) is 7.56. The molecule has 0 aliphatic heterocycles. The Hall–Kier alpha value is -1.48. The molecule has 130 valence electrons. The average molecular weight is 344 g/mol. The number of carbonyl (C=O) groups is 1. The SMILES string of the molecule is CC(C)[C@@H](C(=O)OCc1ccccc1)N(N)CCCS(=O)(=O)O. The monoisotopic (exact) mass is 344 g/mol. The average Bonchev–Trinajstić information content (AvgIpc) is 2.44. The zero-order valence-electron chi connectivity index (χ0n) is 13.4. The normalized spacial score (nSPS) is 13.3. The van der Waals surface area contributed by atoms with Crippen molar-refractivity contribution in [1.29, 1.82) is 0 Å². The predicted octanol–water partition coefficient (Wildman–Crippen LogP) is 1.21. The predicted molar refractivity (Wildman–Crippen MR) is 86.8 cm³/mol. The van der Waals surface area contributed by atoms with Crippen molar-refractivity contribution in [2.75, 3.05) is 12.3 Å². The standard InChI is InChI=1S/C15H24N2O5S/c1-12(2)14(17(16)9-6-10-23(19,20)21)15(18)22-11-13-7-4-3-5-8-13/h3-5,7-8,12,14H,6,9-11,16H2,1-2H3,(H,19,20,21)/t14-/m0/s1. The molecule has 0 unspecified atom stereocenters. The Balaban J connectivity index is 2.56. The number of benzene rings is 1. The van der Waals surface area contributed by atoms with Crippen molar-refractivity contribution < 1.29 is 22.5 Å². The van der Waals surface area contributed by atoms with Crippen LogP contribution >= 0.6 is 0 Å². The third-order valence-electron chi connectivity index (χ3n) is 3.27. The molecule has 0 heterocycles. The van der Waals surface area contributed by atoms with Crippen molar-refractivity contribution in [3.05, 3.63) is 35.9 Å². The fourth-order valence-corrected chi connectivity index (χ4v) is 2.67. The van der Waals surface area contributed by atoms with Gasteiger partial charge in [-0.05, 0) is 17.9 Å². The molecule has 0 saturated carbocycles. The summed E-state index contributed by atoms with van der Waals surface area (Å²) in [5.74, 6) is 4.91. The molecular formula is C15H24N2O5S. The summed E-state index contributed by atoms with van der Waals surface area (Å²) in [7, 11) is -4.03. The molecular weight excluding hydrogens is 320 g/mol. The van der Waals surface area contributed by atoms with Gasteiger partial charge in [-0.15, -0.1) is 0 Å². The molecule has 0 aliphatic carbocycles. The fraction of sp³-hybridized carbons (Fsp3) is 0.533. The minimum atomic E-state index is -4.03. The smallest absolute Gasteiger partial charge is 0.325 e. The lowest BCUT2D eigenvalue weighted by molar-refractivity contribution is -0.153. The first kappa shape index (κ1) is 19.6. The van der Waals surface area contributed by atoms with E-state index in [1.165, 1.54) is 5.01 Å². The van der Waals surface area contributed by atoms with Gasteiger partial charge in [0.15, 0.2) is 0 Å². The Morgan fingerprint density at radius 1 is 1.30 bits per heavy atom. The van der Waals surface area contributed by atoms with Crippen molar-refractivity contribution in [3.63, 3.8) is 0 Å². The lowest BCUT2D eigenvalue weighted by Crippen LogP contribution is -2.50. The number of nitrogens with zero attached hydrogens (tertiary/aromatic N) is 1. The molecule has 0 radical (unpaired) electrons. The molecule has 0 spiro atoms. The van der Waals surface area contributed by atoms with Crippen LogP contribution in [0.15, 0.2) is 30.3 Å². The number of hydrogen-bond acceptors (Lipinski definition) is 6. The van der Waals surface area contributed by atoms with Gasteiger partial charge in [-0.3, -0.25) is 15.2 Å². The molecule has 0 saturated heterocycles. The Morgan fingerprint density at radius 3 is 2.43 bits per heavy atom. The molecule has 0 aromatic heterocycles. The van der Waals surface area contributed by atoms with E-state index in [1.807, 2.05) is 44.2 Å². The van der Waals surface area contributed by atoms with Gasteiger partial charge in [-0.1, -0.05) is 44.2 Å². The minimum absolute atomic E-state index is 0.103. The summed E-state index contributed by atoms with van der Waals surface area (Å²) in [5, 5.41) is 1.27. The molecule has 0 amide bonds. The van der Waals surface area contributed by atoms with Crippen LogP contribution in [0, 0.1) is 5.92 Å². The van der Waals surface area contributed by atoms with Crippen molar-refractivity contribution in [3.8, 4) is 0 Å². The van der Waals surface area contributed by atoms with E-state index >= 15 is 0 Å². The first-order valence-corrected chi connectivity index (χ1v) is 8.98. The number of hydrogen-bond donors (Lipinski definition) is 2. The molecule has 0 aliphatic rings. The Morgan fingerprint density at radius 2 is 1.91 bits per heavy atom. The summed E-state index contributed by atoms with van der Waals surface area (Å²) >= 11 is 0. The second-order valence-corrected chi connectivity index (χ2v) is 7.23. The van der Waals surface area contributed by atoms with Crippen molar-refractivity contribution in [1.82, 2.24) is 5.01 Å². The van der Waals surface area contributed by atoms with Crippen molar-refractivity contribution in [2.24, 2.45) is 11.8 Å². The number of hydrazine groups is 1. The largest absolute Gasteiger partial charge is 0.460 e. The topological polar surface area (TPSA) is 110 Å². The van der Waals surface area contributed by atoms with Crippen LogP contribution in [0.5, 0.6) is 0 Å². The highest BCUT2D eigenvalue weighted by Crippen LogP contribution is 2.12. The molecule has 7 nitrogen and oxygen atoms in total. The van der Waals surface area contributed by atoms with Crippen molar-refractivity contribution in [2.45, 2.75) is 32.9 Å². The second-order valence-electron chi connectivity index (χ2n) is 5.66. The van der Waals surface area contributed by atoms with Crippen LogP contribution in [0.2, 0.25) is 0 Å². The van der Waals surface area contributed by atoms with Crippen LogP contribution in [0.25, 0.3) is 0 Å². The first-order valence-electron chi connectivity index (χ1n) is 7.38. The summed E-state index contributed by atoms with van der Waals surface area (Å²) in [6, 6.07) is 8.61. The number of nitrogens with two attached hydrogens (primary N) is 1. The molecule has 0 bridgehead atoms. The highest BCUT2D eigenvalue weighted by atomic mass is 32.2. The number of carbonyl (C=O) groups excluding carboxylic acids is 1. The van der Waals surface area contributed by atoms with Gasteiger partial charge in [-0.2, -0.15) is 8.42 Å². The summed E-state index contributed by atoms with van der Waals surface area (Å²) < 4.78 is 35.4. The van der Waals surface area contributed by atoms with Gasteiger partial charge in [0.2, 0.25) is 0 Å². The summed E-state index contributed by atoms with van der Waals surface area (Å²) in [4.78, 5) is 12.2. The lowest BCUT2D eigenvalue weighted by atomic mass is 10.0. The molecule has 1 aromatic carbocycles. The van der Waals surface area contributed by atoms with Crippen LogP contribution in [0.1, 0.15) is 25.8 Å². The first-order chi connectivity index (χ1) is 10.7. The maximum Gasteiger partial charge on any atom is 0.325 e. The van der Waals surface area contributed by atoms with Crippen LogP contribution in [0.4, 0.5) is 0 Å². The minimum Gasteiger partial charge on any atom is -0.460 e. The Kier molecular flexibility index (Phi) is 7.63. The summed E-state index contributed by atoms with van der Waals surface area (Å²) in [6.45, 7) is 3.97. The number of esters is 1. The molecule has 1 rings (SSSR count). The van der Waals surface area contributed by atoms with E-state index in [0.29, 0.717) is 0 Å². The molecule has 8 heteroatoms. The van der Waals surface area contributed by atoms with Crippen LogP contribution in [-0.2, 0) is 26.3 Å².